The Balaban J connectivity index is 5.64. The van der Waals surface area contributed by atoms with E-state index in [1.54, 1.807) is 0 Å². The summed E-state index contributed by atoms with van der Waals surface area (Å²) in [5.41, 5.74) is 10.8. The second kappa shape index (κ2) is 22.5. The summed E-state index contributed by atoms with van der Waals surface area (Å²) in [7, 11) is 0. The van der Waals surface area contributed by atoms with Crippen LogP contribution >= 0.6 is 0 Å². The third kappa shape index (κ3) is 15.0. The predicted octanol–water partition coefficient (Wildman–Crippen LogP) is -9.22. The number of aliphatic hydroxyl groups is 6. The second-order valence-corrected chi connectivity index (χ2v) is 10.2. The maximum atomic E-state index is 12.9. The number of amides is 6. The topological polar surface area (TPSA) is 385 Å². The molecule has 0 radical (unpaired) electrons. The van der Waals surface area contributed by atoms with Gasteiger partial charge in [-0.1, -0.05) is 0 Å². The van der Waals surface area contributed by atoms with Gasteiger partial charge in [0.25, 0.3) is 0 Å². The van der Waals surface area contributed by atoms with E-state index in [4.69, 9.17) is 21.7 Å². The van der Waals surface area contributed by atoms with E-state index >= 15 is 0 Å². The molecule has 0 aliphatic rings. The second-order valence-electron chi connectivity index (χ2n) is 10.2. The number of unbranched alkanes of at least 4 members (excludes halogenated alkanes) is 1. The van der Waals surface area contributed by atoms with Crippen LogP contribution in [0.25, 0.3) is 0 Å². The summed E-state index contributed by atoms with van der Waals surface area (Å²) in [6.45, 7) is -3.55. The van der Waals surface area contributed by atoms with Crippen LogP contribution in [0.1, 0.15) is 26.2 Å². The zero-order valence-corrected chi connectivity index (χ0v) is 25.6. The number of carbonyl (C=O) groups is 7. The number of hydrogen-bond donors (Lipinski definition) is 15. The van der Waals surface area contributed by atoms with Crippen molar-refractivity contribution in [2.75, 3.05) is 39.6 Å². The van der Waals surface area contributed by atoms with E-state index in [-0.39, 0.29) is 13.0 Å². The van der Waals surface area contributed by atoms with Gasteiger partial charge in [-0.2, -0.15) is 0 Å². The minimum Gasteiger partial charge on any atom is -0.480 e. The van der Waals surface area contributed by atoms with E-state index in [2.05, 4.69) is 16.0 Å². The highest BCUT2D eigenvalue weighted by molar-refractivity contribution is 5.97. The molecule has 0 bridgehead atoms. The van der Waals surface area contributed by atoms with E-state index in [9.17, 15) is 59.1 Å². The summed E-state index contributed by atoms with van der Waals surface area (Å²) in [4.78, 5) is 86.8. The van der Waals surface area contributed by atoms with E-state index < -0.39 is 123 Å². The molecule has 6 amide bonds. The van der Waals surface area contributed by atoms with Gasteiger partial charge >= 0.3 is 5.97 Å². The van der Waals surface area contributed by atoms with Gasteiger partial charge in [0.1, 0.15) is 42.3 Å². The van der Waals surface area contributed by atoms with Gasteiger partial charge in [-0.05, 0) is 32.7 Å². The highest BCUT2D eigenvalue weighted by Gasteiger charge is 2.34. The summed E-state index contributed by atoms with van der Waals surface area (Å²) >= 11 is 0. The molecule has 0 fully saturated rings. The van der Waals surface area contributed by atoms with Crippen molar-refractivity contribution in [1.82, 2.24) is 31.9 Å². The van der Waals surface area contributed by atoms with Crippen molar-refractivity contribution in [2.24, 2.45) is 11.5 Å². The first-order chi connectivity index (χ1) is 22.1. The molecule has 0 aromatic heterocycles. The lowest BCUT2D eigenvalue weighted by Crippen LogP contribution is -2.62. The molecule has 0 aromatic rings. The molecule has 8 atom stereocenters. The van der Waals surface area contributed by atoms with Crippen molar-refractivity contribution < 1.29 is 69.3 Å². The average molecular weight is 683 g/mol. The largest absolute Gasteiger partial charge is 0.480 e. The van der Waals surface area contributed by atoms with Gasteiger partial charge in [0, 0.05) is 0 Å². The van der Waals surface area contributed by atoms with Crippen LogP contribution in [0.15, 0.2) is 0 Å². The molecule has 0 aliphatic heterocycles. The van der Waals surface area contributed by atoms with Gasteiger partial charge in [-0.25, -0.2) is 4.79 Å². The third-order valence-corrected chi connectivity index (χ3v) is 6.42. The van der Waals surface area contributed by atoms with Gasteiger partial charge < -0.3 is 79.1 Å². The van der Waals surface area contributed by atoms with Crippen LogP contribution in [0.5, 0.6) is 0 Å². The van der Waals surface area contributed by atoms with E-state index in [0.29, 0.717) is 12.8 Å². The van der Waals surface area contributed by atoms with E-state index in [1.165, 1.54) is 0 Å². The molecule has 0 aliphatic carbocycles. The molecule has 270 valence electrons. The summed E-state index contributed by atoms with van der Waals surface area (Å²) < 4.78 is 0. The molecule has 0 spiro atoms. The highest BCUT2D eigenvalue weighted by atomic mass is 16.4. The molecule has 22 heteroatoms. The Morgan fingerprint density at radius 3 is 1.34 bits per heavy atom. The quantitative estimate of drug-likeness (QED) is 0.0445. The minimum absolute atomic E-state index is 0.0462. The molecule has 0 aromatic carbocycles. The van der Waals surface area contributed by atoms with Gasteiger partial charge in [0.15, 0.2) is 0 Å². The standard InChI is InChI=1S/C25H46N8O14/c1-11(39)18(33-23(44)16(9-37)29-19(40)12(27)6-34)24(45)31-15(8-36)22(43)30-14(7-35)21(42)28-13(4-2-3-5-26)20(41)32-17(10-38)25(46)47/h11-18,34-39H,2-10,26-27H2,1H3,(H,28,42)(H,29,40)(H,30,43)(H,31,45)(H,32,41)(H,33,44)(H,46,47)/t11-,12-,13+,14-,15+,16+,17-,18+/m1/s1. The van der Waals surface area contributed by atoms with Crippen LogP contribution in [0.4, 0.5) is 0 Å². The van der Waals surface area contributed by atoms with Gasteiger partial charge in [0.05, 0.1) is 39.1 Å². The van der Waals surface area contributed by atoms with Crippen molar-refractivity contribution >= 4 is 41.4 Å². The predicted molar refractivity (Wildman–Crippen MR) is 157 cm³/mol. The molecular formula is C25H46N8O14. The summed E-state index contributed by atoms with van der Waals surface area (Å²) in [6, 6.07) is -11.6. The first kappa shape index (κ1) is 43.0. The number of carboxylic acids is 1. The Labute approximate surface area is 268 Å². The van der Waals surface area contributed by atoms with Crippen molar-refractivity contribution in [3.63, 3.8) is 0 Å². The fraction of sp³-hybridized carbons (Fsp3) is 0.720. The smallest absolute Gasteiger partial charge is 0.328 e. The fourth-order valence-corrected chi connectivity index (χ4v) is 3.63. The highest BCUT2D eigenvalue weighted by Crippen LogP contribution is 2.04. The Morgan fingerprint density at radius 2 is 0.936 bits per heavy atom. The normalized spacial score (nSPS) is 16.1. The summed E-state index contributed by atoms with van der Waals surface area (Å²) in [5.74, 6) is -8.34. The number of carboxylic acid groups (broad SMARTS) is 1. The first-order valence-electron chi connectivity index (χ1n) is 14.3. The van der Waals surface area contributed by atoms with E-state index in [0.717, 1.165) is 6.92 Å². The number of carbonyl (C=O) groups excluding carboxylic acids is 6. The monoisotopic (exact) mass is 682 g/mol. The molecular weight excluding hydrogens is 636 g/mol. The van der Waals surface area contributed by atoms with Gasteiger partial charge in [-0.3, -0.25) is 28.8 Å². The lowest BCUT2D eigenvalue weighted by atomic mass is 10.1. The van der Waals surface area contributed by atoms with Crippen molar-refractivity contribution in [1.29, 1.82) is 0 Å². The van der Waals surface area contributed by atoms with Crippen LogP contribution in [0, 0.1) is 0 Å². The Bertz CT molecular complexity index is 1060. The molecule has 17 N–H and O–H groups in total. The summed E-state index contributed by atoms with van der Waals surface area (Å²) in [6.07, 6.45) is -0.972. The van der Waals surface area contributed by atoms with Crippen LogP contribution in [0.2, 0.25) is 0 Å². The van der Waals surface area contributed by atoms with Crippen LogP contribution in [-0.2, 0) is 33.6 Å². The van der Waals surface area contributed by atoms with Crippen LogP contribution in [0.3, 0.4) is 0 Å². The minimum atomic E-state index is -1.83. The summed E-state index contributed by atoms with van der Waals surface area (Å²) in [5, 5.41) is 78.7. The number of aliphatic hydroxyl groups excluding tert-OH is 6. The maximum absolute atomic E-state index is 12.9. The zero-order valence-electron chi connectivity index (χ0n) is 25.6. The van der Waals surface area contributed by atoms with Gasteiger partial charge in [-0.15, -0.1) is 0 Å². The van der Waals surface area contributed by atoms with Crippen LogP contribution < -0.4 is 43.4 Å². The molecule has 0 rings (SSSR count). The lowest BCUT2D eigenvalue weighted by molar-refractivity contribution is -0.143. The fourth-order valence-electron chi connectivity index (χ4n) is 3.63. The van der Waals surface area contributed by atoms with Crippen molar-refractivity contribution in [3.05, 3.63) is 0 Å². The van der Waals surface area contributed by atoms with Crippen LogP contribution in [-0.4, -0.2) is 165 Å². The lowest BCUT2D eigenvalue weighted by Gasteiger charge is -2.27. The number of aliphatic carboxylic acids is 1. The van der Waals surface area contributed by atoms with Crippen molar-refractivity contribution in [2.45, 2.75) is 74.6 Å². The SMILES string of the molecule is C[C@@H](O)[C@H](NC(=O)[C@H](CO)NC(=O)[C@H](N)CO)C(=O)N[C@@H](CO)C(=O)N[C@H](CO)C(=O)N[C@@H](CCCCN)C(=O)N[C@H](CO)C(=O)O. The van der Waals surface area contributed by atoms with E-state index in [1.807, 2.05) is 16.0 Å². The van der Waals surface area contributed by atoms with Crippen molar-refractivity contribution in [3.8, 4) is 0 Å². The molecule has 0 saturated carbocycles. The Hall–Kier alpha value is -4.03. The number of hydrogen-bond acceptors (Lipinski definition) is 15. The third-order valence-electron chi connectivity index (χ3n) is 6.42. The molecule has 0 heterocycles. The molecule has 0 unspecified atom stereocenters. The Morgan fingerprint density at radius 1 is 0.553 bits per heavy atom. The molecule has 22 nitrogen and oxygen atoms in total. The number of nitrogens with one attached hydrogen (secondary N) is 6. The maximum Gasteiger partial charge on any atom is 0.328 e. The first-order valence-corrected chi connectivity index (χ1v) is 14.3. The zero-order chi connectivity index (χ0) is 36.3. The molecule has 47 heavy (non-hydrogen) atoms. The van der Waals surface area contributed by atoms with Gasteiger partial charge in [0.2, 0.25) is 35.4 Å². The molecule has 0 saturated heterocycles. The average Bonchev–Trinajstić information content (AvgIpc) is 3.04. The Kier molecular flexibility index (Phi) is 20.6. The number of nitrogens with two attached hydrogens (primary N) is 2. The number of rotatable bonds is 23.